The number of ketones is 1. The van der Waals surface area contributed by atoms with Crippen LogP contribution in [0.15, 0.2) is 48.5 Å². The number of Topliss-reactive ketones (excluding diaryl/α,β-unsaturated/α-hetero) is 1. The highest BCUT2D eigenvalue weighted by molar-refractivity contribution is 5.99. The summed E-state index contributed by atoms with van der Waals surface area (Å²) >= 11 is 0. The van der Waals surface area contributed by atoms with Crippen molar-refractivity contribution in [2.24, 2.45) is 0 Å². The van der Waals surface area contributed by atoms with Crippen LogP contribution in [0.25, 0.3) is 0 Å². The molecule has 0 bridgehead atoms. The van der Waals surface area contributed by atoms with Crippen LogP contribution >= 0.6 is 0 Å². The Morgan fingerprint density at radius 3 is 2.44 bits per heavy atom. The van der Waals surface area contributed by atoms with Gasteiger partial charge in [-0.1, -0.05) is 24.3 Å². The van der Waals surface area contributed by atoms with Crippen LogP contribution in [0.4, 0.5) is 0 Å². The molecule has 1 N–H and O–H groups in total. The number of phenols is 1. The van der Waals surface area contributed by atoms with Crippen molar-refractivity contribution in [1.29, 1.82) is 0 Å². The van der Waals surface area contributed by atoms with Crippen molar-refractivity contribution in [3.05, 3.63) is 59.7 Å². The van der Waals surface area contributed by atoms with Gasteiger partial charge in [-0.15, -0.1) is 0 Å². The molecule has 0 saturated carbocycles. The van der Waals surface area contributed by atoms with Gasteiger partial charge in [0, 0.05) is 6.42 Å². The van der Waals surface area contributed by atoms with Gasteiger partial charge in [0.15, 0.2) is 5.78 Å². The van der Waals surface area contributed by atoms with Gasteiger partial charge in [0.05, 0.1) is 12.7 Å². The van der Waals surface area contributed by atoms with Crippen LogP contribution in [0.2, 0.25) is 0 Å². The fraction of sp³-hybridized carbons (Fsp3) is 0.133. The fourth-order valence-electron chi connectivity index (χ4n) is 1.77. The Balaban J connectivity index is 2.19. The maximum Gasteiger partial charge on any atom is 0.170 e. The van der Waals surface area contributed by atoms with E-state index >= 15 is 0 Å². The van der Waals surface area contributed by atoms with E-state index in [-0.39, 0.29) is 11.5 Å². The van der Waals surface area contributed by atoms with Gasteiger partial charge < -0.3 is 9.84 Å². The second-order valence-electron chi connectivity index (χ2n) is 3.97. The Morgan fingerprint density at radius 1 is 1.11 bits per heavy atom. The normalized spacial score (nSPS) is 10.1. The average Bonchev–Trinajstić information content (AvgIpc) is 2.41. The van der Waals surface area contributed by atoms with Crippen LogP contribution in [-0.4, -0.2) is 18.0 Å². The SMILES string of the molecule is COc1ccccc1C(=O)Cc1ccc(O)cc1. The summed E-state index contributed by atoms with van der Waals surface area (Å²) in [4.78, 5) is 12.1. The summed E-state index contributed by atoms with van der Waals surface area (Å²) in [5.41, 5.74) is 1.44. The molecule has 0 aliphatic heterocycles. The number of methoxy groups -OCH3 is 1. The highest BCUT2D eigenvalue weighted by Crippen LogP contribution is 2.20. The van der Waals surface area contributed by atoms with Crippen molar-refractivity contribution in [3.8, 4) is 11.5 Å². The largest absolute Gasteiger partial charge is 0.508 e. The summed E-state index contributed by atoms with van der Waals surface area (Å²) in [5, 5.41) is 9.19. The van der Waals surface area contributed by atoms with Crippen molar-refractivity contribution in [1.82, 2.24) is 0 Å². The first-order valence-electron chi connectivity index (χ1n) is 5.65. The lowest BCUT2D eigenvalue weighted by Crippen LogP contribution is -2.05. The molecule has 0 atom stereocenters. The second kappa shape index (κ2) is 5.36. The standard InChI is InChI=1S/C15H14O3/c1-18-15-5-3-2-4-13(15)14(17)10-11-6-8-12(16)9-7-11/h2-9,16H,10H2,1H3. The van der Waals surface area contributed by atoms with Gasteiger partial charge in [-0.3, -0.25) is 4.79 Å². The topological polar surface area (TPSA) is 46.5 Å². The van der Waals surface area contributed by atoms with Gasteiger partial charge in [0.1, 0.15) is 11.5 Å². The molecule has 0 aromatic heterocycles. The van der Waals surface area contributed by atoms with Crippen LogP contribution in [-0.2, 0) is 6.42 Å². The minimum absolute atomic E-state index is 0.00172. The number of phenolic OH excluding ortho intramolecular Hbond substituents is 1. The molecule has 0 saturated heterocycles. The highest BCUT2D eigenvalue weighted by atomic mass is 16.5. The molecule has 2 rings (SSSR count). The molecule has 0 spiro atoms. The first kappa shape index (κ1) is 12.2. The summed E-state index contributed by atoms with van der Waals surface area (Å²) in [6.45, 7) is 0. The van der Waals surface area contributed by atoms with Crippen molar-refractivity contribution in [2.75, 3.05) is 7.11 Å². The smallest absolute Gasteiger partial charge is 0.170 e. The maximum absolute atomic E-state index is 12.1. The van der Waals surface area contributed by atoms with E-state index < -0.39 is 0 Å². The summed E-state index contributed by atoms with van der Waals surface area (Å²) in [5.74, 6) is 0.780. The molecule has 0 unspecified atom stereocenters. The van der Waals surface area contributed by atoms with E-state index in [0.29, 0.717) is 17.7 Å². The van der Waals surface area contributed by atoms with E-state index in [4.69, 9.17) is 4.74 Å². The molecule has 0 amide bonds. The van der Waals surface area contributed by atoms with Crippen LogP contribution < -0.4 is 4.74 Å². The summed E-state index contributed by atoms with van der Waals surface area (Å²) in [6.07, 6.45) is 0.292. The van der Waals surface area contributed by atoms with E-state index in [9.17, 15) is 9.90 Å². The maximum atomic E-state index is 12.1. The van der Waals surface area contributed by atoms with Gasteiger partial charge in [0.2, 0.25) is 0 Å². The first-order chi connectivity index (χ1) is 8.70. The molecule has 18 heavy (non-hydrogen) atoms. The molecule has 0 fully saturated rings. The number of para-hydroxylation sites is 1. The van der Waals surface area contributed by atoms with Crippen molar-refractivity contribution >= 4 is 5.78 Å². The highest BCUT2D eigenvalue weighted by Gasteiger charge is 2.11. The quantitative estimate of drug-likeness (QED) is 0.838. The van der Waals surface area contributed by atoms with E-state index in [1.165, 1.54) is 0 Å². The van der Waals surface area contributed by atoms with E-state index in [1.807, 2.05) is 12.1 Å². The van der Waals surface area contributed by atoms with Crippen LogP contribution in [0.3, 0.4) is 0 Å². The number of hydrogen-bond acceptors (Lipinski definition) is 3. The molecule has 3 nitrogen and oxygen atoms in total. The predicted molar refractivity (Wildman–Crippen MR) is 69.1 cm³/mol. The molecule has 0 radical (unpaired) electrons. The Morgan fingerprint density at radius 2 is 1.78 bits per heavy atom. The Hall–Kier alpha value is -2.29. The van der Waals surface area contributed by atoms with Crippen LogP contribution in [0.1, 0.15) is 15.9 Å². The molecule has 92 valence electrons. The average molecular weight is 242 g/mol. The van der Waals surface area contributed by atoms with Crippen LogP contribution in [0.5, 0.6) is 11.5 Å². The Bertz CT molecular complexity index is 544. The predicted octanol–water partition coefficient (Wildman–Crippen LogP) is 2.83. The lowest BCUT2D eigenvalue weighted by Gasteiger charge is -2.07. The van der Waals surface area contributed by atoms with Crippen LogP contribution in [0, 0.1) is 0 Å². The number of carbonyl (C=O) groups is 1. The van der Waals surface area contributed by atoms with E-state index in [2.05, 4.69) is 0 Å². The second-order valence-corrected chi connectivity index (χ2v) is 3.97. The zero-order chi connectivity index (χ0) is 13.0. The van der Waals surface area contributed by atoms with Crippen molar-refractivity contribution in [3.63, 3.8) is 0 Å². The minimum atomic E-state index is -0.00172. The third-order valence-corrected chi connectivity index (χ3v) is 2.71. The number of rotatable bonds is 4. The zero-order valence-corrected chi connectivity index (χ0v) is 10.1. The van der Waals surface area contributed by atoms with E-state index in [0.717, 1.165) is 5.56 Å². The number of carbonyl (C=O) groups excluding carboxylic acids is 1. The molecule has 0 aliphatic carbocycles. The van der Waals surface area contributed by atoms with Crippen molar-refractivity contribution < 1.29 is 14.6 Å². The minimum Gasteiger partial charge on any atom is -0.508 e. The first-order valence-corrected chi connectivity index (χ1v) is 5.65. The Kier molecular flexibility index (Phi) is 3.63. The van der Waals surface area contributed by atoms with Gasteiger partial charge in [-0.25, -0.2) is 0 Å². The third-order valence-electron chi connectivity index (χ3n) is 2.71. The monoisotopic (exact) mass is 242 g/mol. The van der Waals surface area contributed by atoms with Gasteiger partial charge in [-0.2, -0.15) is 0 Å². The molecule has 0 aliphatic rings. The molecule has 0 heterocycles. The summed E-state index contributed by atoms with van der Waals surface area (Å²) in [7, 11) is 1.55. The van der Waals surface area contributed by atoms with Gasteiger partial charge in [-0.05, 0) is 29.8 Å². The fourth-order valence-corrected chi connectivity index (χ4v) is 1.77. The molecular weight excluding hydrogens is 228 g/mol. The third kappa shape index (κ3) is 2.69. The Labute approximate surface area is 106 Å². The number of benzene rings is 2. The number of aromatic hydroxyl groups is 1. The van der Waals surface area contributed by atoms with Gasteiger partial charge >= 0.3 is 0 Å². The van der Waals surface area contributed by atoms with E-state index in [1.54, 1.807) is 43.5 Å². The lowest BCUT2D eigenvalue weighted by molar-refractivity contribution is 0.0990. The number of hydrogen-bond donors (Lipinski definition) is 1. The van der Waals surface area contributed by atoms with Crippen molar-refractivity contribution in [2.45, 2.75) is 6.42 Å². The molecule has 3 heteroatoms. The van der Waals surface area contributed by atoms with Gasteiger partial charge in [0.25, 0.3) is 0 Å². The zero-order valence-electron chi connectivity index (χ0n) is 10.1. The summed E-state index contributed by atoms with van der Waals surface area (Å²) in [6, 6.07) is 13.8. The molecule has 2 aromatic carbocycles. The lowest BCUT2D eigenvalue weighted by atomic mass is 10.0. The number of ether oxygens (including phenoxy) is 1. The molecular formula is C15H14O3. The molecule has 2 aromatic rings. The summed E-state index contributed by atoms with van der Waals surface area (Å²) < 4.78 is 5.16.